The van der Waals surface area contributed by atoms with Crippen LogP contribution in [0.1, 0.15) is 0 Å². The van der Waals surface area contributed by atoms with Crippen LogP contribution in [0.3, 0.4) is 0 Å². The average Bonchev–Trinajstić information content (AvgIpc) is 0. The second-order valence-corrected chi connectivity index (χ2v) is 0. The number of rotatable bonds is 0. The van der Waals surface area contributed by atoms with Gasteiger partial charge in [-0.3, -0.25) is 0 Å². The van der Waals surface area contributed by atoms with Gasteiger partial charge in [0.25, 0.3) is 0 Å². The van der Waals surface area contributed by atoms with Crippen LogP contribution in [0.25, 0.3) is 0 Å². The Hall–Kier alpha value is 2.00. The van der Waals surface area contributed by atoms with Gasteiger partial charge in [0, 0.05) is 44.5 Å². The first-order valence-electron chi connectivity index (χ1n) is 0. The average molecular weight is 169 g/mol. The van der Waals surface area contributed by atoms with Crippen molar-refractivity contribution in [3.05, 3.63) is 0 Å². The molecule has 0 nitrogen and oxygen atoms in total. The molecule has 0 aromatic rings. The van der Waals surface area contributed by atoms with Gasteiger partial charge in [0.15, 0.2) is 0 Å². The van der Waals surface area contributed by atoms with E-state index in [0.29, 0.717) is 0 Å². The molecule has 0 amide bonds. The topological polar surface area (TPSA) is 0 Å². The summed E-state index contributed by atoms with van der Waals surface area (Å²) in [6.07, 6.45) is 0. The standard InChI is InChI=1S/Fe.Mg.Ni.Si.2H. The second-order valence-electron chi connectivity index (χ2n) is 0. The zero-order chi connectivity index (χ0) is 0. The minimum Gasteiger partial charge on any atom is 0 e. The molecule has 0 fully saturated rings. The first kappa shape index (κ1) is 37.6. The molecule has 0 aliphatic carbocycles. The normalized spacial score (nSPS) is 0. The molecule has 4 radical (unpaired) electrons. The van der Waals surface area contributed by atoms with Gasteiger partial charge < -0.3 is 0 Å². The summed E-state index contributed by atoms with van der Waals surface area (Å²) < 4.78 is 0. The molecule has 0 atom stereocenters. The van der Waals surface area contributed by atoms with Crippen LogP contribution in [0.2, 0.25) is 0 Å². The van der Waals surface area contributed by atoms with Gasteiger partial charge >= 0.3 is 23.1 Å². The van der Waals surface area contributed by atoms with Gasteiger partial charge in [0.05, 0.1) is 0 Å². The molecule has 0 heterocycles. The Bertz CT molecular complexity index is 8.00. The van der Waals surface area contributed by atoms with Gasteiger partial charge in [-0.1, -0.05) is 0 Å². The maximum Gasteiger partial charge on any atom is 0.316 e. The Morgan fingerprint density at radius 3 is 1.00 bits per heavy atom. The summed E-state index contributed by atoms with van der Waals surface area (Å²) in [6.45, 7) is 0. The third-order valence-electron chi connectivity index (χ3n) is 0. The maximum absolute atomic E-state index is 0. The van der Waals surface area contributed by atoms with E-state index in [0.717, 1.165) is 0 Å². The van der Waals surface area contributed by atoms with Crippen LogP contribution in [0.15, 0.2) is 0 Å². The van der Waals surface area contributed by atoms with Crippen molar-refractivity contribution >= 4 is 34.0 Å². The van der Waals surface area contributed by atoms with E-state index in [1.54, 1.807) is 0 Å². The van der Waals surface area contributed by atoms with Gasteiger partial charge in [-0.2, -0.15) is 0 Å². The van der Waals surface area contributed by atoms with Crippen LogP contribution >= 0.6 is 0 Å². The van der Waals surface area contributed by atoms with E-state index in [2.05, 4.69) is 0 Å². The Morgan fingerprint density at radius 2 is 1.00 bits per heavy atom. The Labute approximate surface area is 67.1 Å². The van der Waals surface area contributed by atoms with Gasteiger partial charge in [-0.15, -0.1) is 0 Å². The molecule has 26 valence electrons. The third-order valence-corrected chi connectivity index (χ3v) is 0. The molecule has 0 unspecified atom stereocenters. The predicted octanol–water partition coefficient (Wildman–Crippen LogP) is -1.30. The molecule has 0 aromatic carbocycles. The summed E-state index contributed by atoms with van der Waals surface area (Å²) in [7, 11) is 0. The molecule has 0 aliphatic heterocycles. The van der Waals surface area contributed by atoms with Crippen molar-refractivity contribution in [2.45, 2.75) is 0 Å². The van der Waals surface area contributed by atoms with E-state index >= 15 is 0 Å². The molecule has 0 spiro atoms. The molecule has 4 heavy (non-hydrogen) atoms. The van der Waals surface area contributed by atoms with E-state index in [4.69, 9.17) is 0 Å². The van der Waals surface area contributed by atoms with E-state index in [-0.39, 0.29) is 67.6 Å². The molecule has 0 aliphatic rings. The summed E-state index contributed by atoms with van der Waals surface area (Å²) >= 11 is 0. The van der Waals surface area contributed by atoms with Crippen molar-refractivity contribution in [1.29, 1.82) is 0 Å². The molecule has 0 N–H and O–H groups in total. The van der Waals surface area contributed by atoms with Crippen LogP contribution in [-0.2, 0) is 33.6 Å². The molecule has 0 saturated carbocycles. The summed E-state index contributed by atoms with van der Waals surface area (Å²) in [6, 6.07) is 0. The van der Waals surface area contributed by atoms with E-state index < -0.39 is 0 Å². The molecular weight excluding hydrogens is 167 g/mol. The van der Waals surface area contributed by atoms with Crippen molar-refractivity contribution < 1.29 is 33.6 Å². The fourth-order valence-electron chi connectivity index (χ4n) is 0. The molecular formula is H2FeMgNiSi. The number of hydrogen-bond acceptors (Lipinski definition) is 0. The van der Waals surface area contributed by atoms with Crippen LogP contribution in [0.5, 0.6) is 0 Å². The van der Waals surface area contributed by atoms with E-state index in [9.17, 15) is 0 Å². The minimum absolute atomic E-state index is 0. The second kappa shape index (κ2) is 20.0. The fourth-order valence-corrected chi connectivity index (χ4v) is 0. The maximum atomic E-state index is 0. The van der Waals surface area contributed by atoms with Crippen molar-refractivity contribution in [1.82, 2.24) is 0 Å². The van der Waals surface area contributed by atoms with Crippen molar-refractivity contribution in [3.8, 4) is 0 Å². The van der Waals surface area contributed by atoms with Crippen LogP contribution in [0, 0.1) is 0 Å². The summed E-state index contributed by atoms with van der Waals surface area (Å²) in [4.78, 5) is 0. The third kappa shape index (κ3) is 9.00. The monoisotopic (exact) mass is 168 g/mol. The van der Waals surface area contributed by atoms with Gasteiger partial charge in [-0.05, 0) is 0 Å². The van der Waals surface area contributed by atoms with Crippen LogP contribution in [0.4, 0.5) is 0 Å². The Balaban J connectivity index is 0. The SMILES string of the molecule is [Fe].[MgH2].[Ni].[Si]. The first-order valence-corrected chi connectivity index (χ1v) is 0. The zero-order valence-electron chi connectivity index (χ0n) is 1.17. The van der Waals surface area contributed by atoms with Crippen molar-refractivity contribution in [2.24, 2.45) is 0 Å². The van der Waals surface area contributed by atoms with Gasteiger partial charge in [-0.25, -0.2) is 0 Å². The quantitative estimate of drug-likeness (QED) is 0.395. The molecule has 0 rings (SSSR count). The van der Waals surface area contributed by atoms with Crippen molar-refractivity contribution in [3.63, 3.8) is 0 Å². The van der Waals surface area contributed by atoms with Crippen LogP contribution in [-0.4, -0.2) is 34.0 Å². The van der Waals surface area contributed by atoms with E-state index in [1.807, 2.05) is 0 Å². The van der Waals surface area contributed by atoms with Gasteiger partial charge in [0.2, 0.25) is 0 Å². The molecule has 0 aromatic heterocycles. The van der Waals surface area contributed by atoms with Crippen LogP contribution < -0.4 is 0 Å². The van der Waals surface area contributed by atoms with Crippen molar-refractivity contribution in [2.75, 3.05) is 0 Å². The summed E-state index contributed by atoms with van der Waals surface area (Å²) in [5.74, 6) is 0. The fraction of sp³-hybridized carbons (Fsp3) is 0. The number of hydrogen-bond donors (Lipinski definition) is 0. The first-order chi connectivity index (χ1) is 0. The smallest absolute Gasteiger partial charge is 0 e. The minimum atomic E-state index is 0. The van der Waals surface area contributed by atoms with Gasteiger partial charge in [0.1, 0.15) is 0 Å². The molecule has 0 bridgehead atoms. The predicted molar refractivity (Wildman–Crippen MR) is 14.3 cm³/mol. The zero-order valence-corrected chi connectivity index (χ0v) is 4.26. The Morgan fingerprint density at radius 1 is 1.00 bits per heavy atom. The largest absolute Gasteiger partial charge is 0.316 e. The molecule has 4 heteroatoms. The summed E-state index contributed by atoms with van der Waals surface area (Å²) in [5.41, 5.74) is 0. The summed E-state index contributed by atoms with van der Waals surface area (Å²) in [5, 5.41) is 0. The molecule has 0 saturated heterocycles. The van der Waals surface area contributed by atoms with E-state index in [1.165, 1.54) is 0 Å². The Kier molecular flexibility index (Phi) is 188.